The van der Waals surface area contributed by atoms with E-state index in [-0.39, 0.29) is 6.10 Å². The maximum atomic E-state index is 9.45. The predicted molar refractivity (Wildman–Crippen MR) is 35.0 cm³/mol. The van der Waals surface area contributed by atoms with Crippen molar-refractivity contribution in [2.24, 2.45) is 0 Å². The van der Waals surface area contributed by atoms with Crippen LogP contribution >= 0.6 is 0 Å². The molecular weight excluding hydrogens is 116 g/mol. The number of aliphatic hydroxyl groups is 1. The van der Waals surface area contributed by atoms with E-state index in [2.05, 4.69) is 0 Å². The molecule has 54 valence electrons. The van der Waals surface area contributed by atoms with E-state index in [1.165, 1.54) is 0 Å². The standard InChI is InChI=1S/C7H14O2/c1-3-7(8)5-4-6(2)9-7/h6,8H,3-5H2,1-2H3. The van der Waals surface area contributed by atoms with Crippen molar-refractivity contribution in [3.05, 3.63) is 0 Å². The molecule has 2 unspecified atom stereocenters. The van der Waals surface area contributed by atoms with Gasteiger partial charge in [-0.05, 0) is 19.8 Å². The molecule has 0 bridgehead atoms. The molecule has 1 heterocycles. The van der Waals surface area contributed by atoms with Gasteiger partial charge in [0, 0.05) is 6.42 Å². The summed E-state index contributed by atoms with van der Waals surface area (Å²) >= 11 is 0. The highest BCUT2D eigenvalue weighted by atomic mass is 16.6. The summed E-state index contributed by atoms with van der Waals surface area (Å²) in [5, 5.41) is 9.45. The van der Waals surface area contributed by atoms with Crippen LogP contribution in [0.25, 0.3) is 0 Å². The maximum Gasteiger partial charge on any atom is 0.165 e. The van der Waals surface area contributed by atoms with Crippen LogP contribution in [0.1, 0.15) is 33.1 Å². The summed E-state index contributed by atoms with van der Waals surface area (Å²) in [6, 6.07) is 0. The Hall–Kier alpha value is -0.0800. The third-order valence-electron chi connectivity index (χ3n) is 1.91. The minimum Gasteiger partial charge on any atom is -0.365 e. The van der Waals surface area contributed by atoms with Crippen molar-refractivity contribution in [1.29, 1.82) is 0 Å². The molecule has 2 nitrogen and oxygen atoms in total. The van der Waals surface area contributed by atoms with E-state index < -0.39 is 5.79 Å². The fraction of sp³-hybridized carbons (Fsp3) is 1.00. The molecule has 9 heavy (non-hydrogen) atoms. The average Bonchev–Trinajstić information content (AvgIpc) is 2.13. The van der Waals surface area contributed by atoms with Gasteiger partial charge in [0.15, 0.2) is 5.79 Å². The van der Waals surface area contributed by atoms with Gasteiger partial charge in [0.05, 0.1) is 6.10 Å². The van der Waals surface area contributed by atoms with E-state index in [9.17, 15) is 5.11 Å². The number of hydrogen-bond donors (Lipinski definition) is 1. The highest BCUT2D eigenvalue weighted by Gasteiger charge is 2.33. The number of rotatable bonds is 1. The second kappa shape index (κ2) is 2.27. The van der Waals surface area contributed by atoms with Crippen LogP contribution < -0.4 is 0 Å². The lowest BCUT2D eigenvalue weighted by atomic mass is 10.1. The van der Waals surface area contributed by atoms with Crippen LogP contribution in [-0.4, -0.2) is 17.0 Å². The Morgan fingerprint density at radius 3 is 2.67 bits per heavy atom. The van der Waals surface area contributed by atoms with Gasteiger partial charge < -0.3 is 9.84 Å². The van der Waals surface area contributed by atoms with Crippen LogP contribution in [-0.2, 0) is 4.74 Å². The third-order valence-corrected chi connectivity index (χ3v) is 1.91. The van der Waals surface area contributed by atoms with Gasteiger partial charge in [0.2, 0.25) is 0 Å². The molecule has 0 saturated carbocycles. The minimum absolute atomic E-state index is 0.245. The fourth-order valence-electron chi connectivity index (χ4n) is 1.18. The van der Waals surface area contributed by atoms with Crippen molar-refractivity contribution in [3.8, 4) is 0 Å². The zero-order valence-electron chi connectivity index (χ0n) is 6.05. The molecule has 0 amide bonds. The SMILES string of the molecule is CCC1(O)CCC(C)O1. The van der Waals surface area contributed by atoms with E-state index in [1.54, 1.807) is 0 Å². The zero-order chi connectivity index (χ0) is 6.91. The Kier molecular flexibility index (Phi) is 1.78. The molecule has 0 spiro atoms. The molecule has 1 aliphatic rings. The Balaban J connectivity index is 2.45. The van der Waals surface area contributed by atoms with Gasteiger partial charge in [-0.2, -0.15) is 0 Å². The van der Waals surface area contributed by atoms with Crippen LogP contribution in [0.3, 0.4) is 0 Å². The van der Waals surface area contributed by atoms with Crippen molar-refractivity contribution in [2.75, 3.05) is 0 Å². The highest BCUT2D eigenvalue weighted by molar-refractivity contribution is 4.75. The molecule has 1 fully saturated rings. The summed E-state index contributed by atoms with van der Waals surface area (Å²) in [6.07, 6.45) is 2.74. The van der Waals surface area contributed by atoms with Crippen LogP contribution in [0.15, 0.2) is 0 Å². The highest BCUT2D eigenvalue weighted by Crippen LogP contribution is 2.29. The molecule has 0 radical (unpaired) electrons. The van der Waals surface area contributed by atoms with Gasteiger partial charge in [-0.15, -0.1) is 0 Å². The van der Waals surface area contributed by atoms with E-state index in [1.807, 2.05) is 13.8 Å². The average molecular weight is 130 g/mol. The first kappa shape index (κ1) is 7.03. The predicted octanol–water partition coefficient (Wildman–Crippen LogP) is 1.28. The second-order valence-corrected chi connectivity index (χ2v) is 2.77. The van der Waals surface area contributed by atoms with Crippen LogP contribution in [0.2, 0.25) is 0 Å². The minimum atomic E-state index is -0.792. The zero-order valence-corrected chi connectivity index (χ0v) is 6.05. The van der Waals surface area contributed by atoms with E-state index in [4.69, 9.17) is 4.74 Å². The molecule has 2 atom stereocenters. The Labute approximate surface area is 55.8 Å². The molecule has 1 rings (SSSR count). The Morgan fingerprint density at radius 1 is 1.78 bits per heavy atom. The van der Waals surface area contributed by atoms with Gasteiger partial charge >= 0.3 is 0 Å². The summed E-state index contributed by atoms with van der Waals surface area (Å²) in [4.78, 5) is 0. The van der Waals surface area contributed by atoms with Crippen LogP contribution in [0.4, 0.5) is 0 Å². The van der Waals surface area contributed by atoms with E-state index >= 15 is 0 Å². The van der Waals surface area contributed by atoms with Gasteiger partial charge in [-0.3, -0.25) is 0 Å². The number of ether oxygens (including phenoxy) is 1. The lowest BCUT2D eigenvalue weighted by Crippen LogP contribution is -2.26. The molecule has 0 aliphatic carbocycles. The molecular formula is C7H14O2. The van der Waals surface area contributed by atoms with Gasteiger partial charge in [0.25, 0.3) is 0 Å². The van der Waals surface area contributed by atoms with Gasteiger partial charge in [-0.25, -0.2) is 0 Å². The maximum absolute atomic E-state index is 9.45. The second-order valence-electron chi connectivity index (χ2n) is 2.77. The summed E-state index contributed by atoms with van der Waals surface area (Å²) in [5.74, 6) is -0.792. The first-order valence-corrected chi connectivity index (χ1v) is 3.56. The van der Waals surface area contributed by atoms with Crippen molar-refractivity contribution in [1.82, 2.24) is 0 Å². The van der Waals surface area contributed by atoms with Crippen molar-refractivity contribution in [3.63, 3.8) is 0 Å². The summed E-state index contributed by atoms with van der Waals surface area (Å²) in [6.45, 7) is 3.94. The first-order valence-electron chi connectivity index (χ1n) is 3.56. The van der Waals surface area contributed by atoms with E-state index in [0.717, 1.165) is 12.8 Å². The van der Waals surface area contributed by atoms with Crippen molar-refractivity contribution < 1.29 is 9.84 Å². The lowest BCUT2D eigenvalue weighted by molar-refractivity contribution is -0.189. The smallest absolute Gasteiger partial charge is 0.165 e. The molecule has 1 aliphatic heterocycles. The van der Waals surface area contributed by atoms with Crippen LogP contribution in [0.5, 0.6) is 0 Å². The monoisotopic (exact) mass is 130 g/mol. The quantitative estimate of drug-likeness (QED) is 0.579. The summed E-state index contributed by atoms with van der Waals surface area (Å²) < 4.78 is 5.25. The fourth-order valence-corrected chi connectivity index (χ4v) is 1.18. The van der Waals surface area contributed by atoms with E-state index in [0.29, 0.717) is 6.42 Å². The molecule has 1 saturated heterocycles. The third kappa shape index (κ3) is 1.43. The Bertz CT molecular complexity index is 103. The largest absolute Gasteiger partial charge is 0.365 e. The van der Waals surface area contributed by atoms with Gasteiger partial charge in [0.1, 0.15) is 0 Å². The van der Waals surface area contributed by atoms with Crippen molar-refractivity contribution >= 4 is 0 Å². The van der Waals surface area contributed by atoms with Crippen molar-refractivity contribution in [2.45, 2.75) is 45.0 Å². The lowest BCUT2D eigenvalue weighted by Gasteiger charge is -2.19. The van der Waals surface area contributed by atoms with Gasteiger partial charge in [-0.1, -0.05) is 6.92 Å². The number of hydrogen-bond acceptors (Lipinski definition) is 2. The van der Waals surface area contributed by atoms with Crippen LogP contribution in [0, 0.1) is 0 Å². The topological polar surface area (TPSA) is 29.5 Å². The first-order chi connectivity index (χ1) is 4.16. The molecule has 0 aromatic rings. The Morgan fingerprint density at radius 2 is 2.44 bits per heavy atom. The summed E-state index contributed by atoms with van der Waals surface area (Å²) in [5.41, 5.74) is 0. The summed E-state index contributed by atoms with van der Waals surface area (Å²) in [7, 11) is 0. The molecule has 0 aromatic carbocycles. The molecule has 1 N–H and O–H groups in total. The molecule has 2 heteroatoms. The normalized spacial score (nSPS) is 43.7. The molecule has 0 aromatic heterocycles.